The van der Waals surface area contributed by atoms with Crippen LogP contribution in [0.15, 0.2) is 23.6 Å². The number of imidazole rings is 1. The van der Waals surface area contributed by atoms with E-state index in [2.05, 4.69) is 4.98 Å². The van der Waals surface area contributed by atoms with Crippen LogP contribution in [0.25, 0.3) is 16.6 Å². The summed E-state index contributed by atoms with van der Waals surface area (Å²) < 4.78 is 13.9. The lowest BCUT2D eigenvalue weighted by Crippen LogP contribution is -2.30. The number of anilines is 1. The van der Waals surface area contributed by atoms with Crippen molar-refractivity contribution >= 4 is 51.1 Å². The first-order valence-electron chi connectivity index (χ1n) is 9.70. The van der Waals surface area contributed by atoms with Crippen molar-refractivity contribution < 1.29 is 14.3 Å². The van der Waals surface area contributed by atoms with E-state index in [9.17, 15) is 4.79 Å². The first-order chi connectivity index (χ1) is 14.4. The smallest absolute Gasteiger partial charge is 0.258 e. The van der Waals surface area contributed by atoms with E-state index in [1.165, 1.54) is 11.3 Å². The highest BCUT2D eigenvalue weighted by atomic mass is 35.5. The SMILES string of the molecule is Cc1csc2nc(Cl)c(/C=C3\C(=O)N(C)c4ccc(C5(CCN)OCCO5)cc43)n12. The Morgan fingerprint density at radius 2 is 2.13 bits per heavy atom. The molecule has 9 heteroatoms. The molecule has 30 heavy (non-hydrogen) atoms. The molecule has 0 atom stereocenters. The highest BCUT2D eigenvalue weighted by Crippen LogP contribution is 2.42. The molecule has 7 nitrogen and oxygen atoms in total. The van der Waals surface area contributed by atoms with E-state index in [-0.39, 0.29) is 5.91 Å². The predicted octanol–water partition coefficient (Wildman–Crippen LogP) is 3.42. The molecule has 0 spiro atoms. The van der Waals surface area contributed by atoms with Gasteiger partial charge in [0.2, 0.25) is 0 Å². The number of amides is 1. The van der Waals surface area contributed by atoms with E-state index in [1.54, 1.807) is 11.9 Å². The molecule has 1 fully saturated rings. The number of hydrogen-bond donors (Lipinski definition) is 1. The van der Waals surface area contributed by atoms with Crippen molar-refractivity contribution in [2.24, 2.45) is 5.73 Å². The van der Waals surface area contributed by atoms with Crippen molar-refractivity contribution in [1.82, 2.24) is 9.38 Å². The summed E-state index contributed by atoms with van der Waals surface area (Å²) in [4.78, 5) is 20.0. The van der Waals surface area contributed by atoms with Gasteiger partial charge in [0.05, 0.1) is 30.2 Å². The molecular weight excluding hydrogens is 424 g/mol. The van der Waals surface area contributed by atoms with E-state index < -0.39 is 5.79 Å². The Morgan fingerprint density at radius 3 is 2.87 bits per heavy atom. The fraction of sp³-hybridized carbons (Fsp3) is 0.333. The summed E-state index contributed by atoms with van der Waals surface area (Å²) in [6.45, 7) is 3.45. The highest BCUT2D eigenvalue weighted by molar-refractivity contribution is 7.15. The van der Waals surface area contributed by atoms with Crippen LogP contribution in [0.2, 0.25) is 5.15 Å². The molecule has 2 aliphatic rings. The third-order valence-electron chi connectivity index (χ3n) is 5.66. The van der Waals surface area contributed by atoms with Crippen molar-refractivity contribution in [2.75, 3.05) is 31.7 Å². The number of fused-ring (bicyclic) bond motifs is 2. The van der Waals surface area contributed by atoms with E-state index >= 15 is 0 Å². The number of thiazole rings is 1. The topological polar surface area (TPSA) is 82.1 Å². The normalized spacial score (nSPS) is 19.4. The molecule has 5 rings (SSSR count). The number of likely N-dealkylation sites (N-methyl/N-ethyl adjacent to an activating group) is 1. The Hall–Kier alpha value is -2.23. The van der Waals surface area contributed by atoms with Gasteiger partial charge < -0.3 is 20.1 Å². The first kappa shape index (κ1) is 19.7. The molecule has 0 aliphatic carbocycles. The monoisotopic (exact) mass is 444 g/mol. The number of nitrogens with two attached hydrogens (primary N) is 1. The van der Waals surface area contributed by atoms with Crippen molar-refractivity contribution in [3.05, 3.63) is 51.2 Å². The number of aromatic nitrogens is 2. The number of aryl methyl sites for hydroxylation is 1. The number of rotatable bonds is 4. The van der Waals surface area contributed by atoms with Gasteiger partial charge in [-0.2, -0.15) is 0 Å². The second-order valence-corrected chi connectivity index (χ2v) is 8.62. The summed E-state index contributed by atoms with van der Waals surface area (Å²) in [6.07, 6.45) is 2.36. The third-order valence-corrected chi connectivity index (χ3v) is 6.88. The van der Waals surface area contributed by atoms with Crippen molar-refractivity contribution in [1.29, 1.82) is 0 Å². The fourth-order valence-electron chi connectivity index (χ4n) is 4.18. The molecule has 4 heterocycles. The Bertz CT molecular complexity index is 1190. The van der Waals surface area contributed by atoms with E-state index in [1.807, 2.05) is 41.0 Å². The van der Waals surface area contributed by atoms with Gasteiger partial charge in [0.15, 0.2) is 15.9 Å². The van der Waals surface area contributed by atoms with Gasteiger partial charge in [-0.25, -0.2) is 4.98 Å². The van der Waals surface area contributed by atoms with Gasteiger partial charge in [-0.1, -0.05) is 17.7 Å². The molecule has 0 unspecified atom stereocenters. The second kappa shape index (κ2) is 7.18. The molecule has 2 N–H and O–H groups in total. The van der Waals surface area contributed by atoms with Crippen LogP contribution in [-0.4, -0.2) is 42.1 Å². The number of ether oxygens (including phenoxy) is 2. The van der Waals surface area contributed by atoms with Crippen LogP contribution >= 0.6 is 22.9 Å². The van der Waals surface area contributed by atoms with Crippen molar-refractivity contribution in [3.63, 3.8) is 0 Å². The van der Waals surface area contributed by atoms with Crippen LogP contribution in [0.4, 0.5) is 5.69 Å². The van der Waals surface area contributed by atoms with Crippen LogP contribution < -0.4 is 10.6 Å². The van der Waals surface area contributed by atoms with Crippen LogP contribution in [0.1, 0.15) is 28.9 Å². The van der Waals surface area contributed by atoms with E-state index in [0.29, 0.717) is 42.6 Å². The predicted molar refractivity (Wildman–Crippen MR) is 118 cm³/mol. The lowest BCUT2D eigenvalue weighted by Gasteiger charge is -2.28. The summed E-state index contributed by atoms with van der Waals surface area (Å²) >= 11 is 7.94. The molecule has 1 amide bonds. The molecule has 1 saturated heterocycles. The largest absolute Gasteiger partial charge is 0.343 e. The number of carbonyl (C=O) groups is 1. The summed E-state index contributed by atoms with van der Waals surface area (Å²) in [6, 6.07) is 5.84. The molecule has 0 bridgehead atoms. The maximum atomic E-state index is 13.1. The van der Waals surface area contributed by atoms with Crippen molar-refractivity contribution in [2.45, 2.75) is 19.1 Å². The van der Waals surface area contributed by atoms with Gasteiger partial charge >= 0.3 is 0 Å². The summed E-state index contributed by atoms with van der Waals surface area (Å²) in [5.41, 5.74) is 10.6. The Kier molecular flexibility index (Phi) is 4.72. The number of benzene rings is 1. The van der Waals surface area contributed by atoms with Crippen LogP contribution in [0.3, 0.4) is 0 Å². The molecule has 2 aromatic heterocycles. The minimum atomic E-state index is -0.870. The maximum absolute atomic E-state index is 13.1. The fourth-order valence-corrected chi connectivity index (χ4v) is 5.33. The van der Waals surface area contributed by atoms with E-state index in [4.69, 9.17) is 26.8 Å². The standard InChI is InChI=1S/C21H21ClN4O3S/c1-12-11-30-20-24-18(22)17(26(12)20)10-15-14-9-13(3-4-16(14)25(2)19(15)27)21(5-6-23)28-7-8-29-21/h3-4,9-11H,5-8,23H2,1-2H3/b15-10-. The van der Waals surface area contributed by atoms with Crippen molar-refractivity contribution in [3.8, 4) is 0 Å². The average Bonchev–Trinajstić information content (AvgIpc) is 3.47. The number of carbonyl (C=O) groups excluding carboxylic acids is 1. The van der Waals surface area contributed by atoms with Gasteiger partial charge in [-0.3, -0.25) is 9.20 Å². The molecule has 0 radical (unpaired) electrons. The summed E-state index contributed by atoms with van der Waals surface area (Å²) in [5, 5.41) is 2.39. The van der Waals surface area contributed by atoms with Crippen LogP contribution in [0.5, 0.6) is 0 Å². The molecular formula is C21H21ClN4O3S. The summed E-state index contributed by atoms with van der Waals surface area (Å²) in [7, 11) is 1.77. The number of halogens is 1. The van der Waals surface area contributed by atoms with E-state index in [0.717, 1.165) is 27.5 Å². The molecule has 2 aliphatic heterocycles. The van der Waals surface area contributed by atoms with Crippen LogP contribution in [0, 0.1) is 6.92 Å². The zero-order valence-electron chi connectivity index (χ0n) is 16.6. The lowest BCUT2D eigenvalue weighted by atomic mass is 9.96. The molecule has 156 valence electrons. The highest BCUT2D eigenvalue weighted by Gasteiger charge is 2.40. The van der Waals surface area contributed by atoms with Gasteiger partial charge in [0, 0.05) is 35.7 Å². The minimum Gasteiger partial charge on any atom is -0.343 e. The zero-order chi connectivity index (χ0) is 21.0. The van der Waals surface area contributed by atoms with Gasteiger partial charge in [-0.05, 0) is 31.7 Å². The minimum absolute atomic E-state index is 0.0952. The average molecular weight is 445 g/mol. The second-order valence-electron chi connectivity index (χ2n) is 7.43. The maximum Gasteiger partial charge on any atom is 0.258 e. The number of hydrogen-bond acceptors (Lipinski definition) is 6. The Labute approximate surface area is 182 Å². The summed E-state index contributed by atoms with van der Waals surface area (Å²) in [5.74, 6) is -0.966. The molecule has 1 aromatic carbocycles. The Morgan fingerprint density at radius 1 is 1.37 bits per heavy atom. The quantitative estimate of drug-likeness (QED) is 0.623. The van der Waals surface area contributed by atoms with Gasteiger partial charge in [0.25, 0.3) is 5.91 Å². The molecule has 0 saturated carbocycles. The lowest BCUT2D eigenvalue weighted by molar-refractivity contribution is -0.168. The third kappa shape index (κ3) is 2.83. The van der Waals surface area contributed by atoms with Crippen LogP contribution in [-0.2, 0) is 20.1 Å². The zero-order valence-corrected chi connectivity index (χ0v) is 18.2. The van der Waals surface area contributed by atoms with Gasteiger partial charge in [-0.15, -0.1) is 11.3 Å². The Balaban J connectivity index is 1.67. The first-order valence-corrected chi connectivity index (χ1v) is 11.0. The number of nitrogens with zero attached hydrogens (tertiary/aromatic N) is 3. The molecule has 3 aromatic rings. The van der Waals surface area contributed by atoms with Gasteiger partial charge in [0.1, 0.15) is 0 Å².